The molecule has 1 amide bonds. The Hall–Kier alpha value is -1.31. The van der Waals surface area contributed by atoms with Gasteiger partial charge in [-0.2, -0.15) is 0 Å². The Labute approximate surface area is 103 Å². The fourth-order valence-electron chi connectivity index (χ4n) is 2.64. The topological polar surface area (TPSA) is 29.1 Å². The van der Waals surface area contributed by atoms with Gasteiger partial charge < -0.3 is 5.32 Å². The molecule has 2 nitrogen and oxygen atoms in total. The van der Waals surface area contributed by atoms with Crippen molar-refractivity contribution in [3.8, 4) is 0 Å². The molecule has 1 saturated heterocycles. The second kappa shape index (κ2) is 4.91. The maximum atomic E-state index is 11.3. The van der Waals surface area contributed by atoms with Gasteiger partial charge in [-0.3, -0.25) is 4.79 Å². The SMILES string of the molecule is CCc1ccc(C2(CC)CCC(=O)NC2)cc1. The summed E-state index contributed by atoms with van der Waals surface area (Å²) in [6.07, 6.45) is 3.79. The Morgan fingerprint density at radius 2 is 1.94 bits per heavy atom. The summed E-state index contributed by atoms with van der Waals surface area (Å²) in [5.74, 6) is 0.194. The summed E-state index contributed by atoms with van der Waals surface area (Å²) in [5, 5.41) is 3.01. The minimum Gasteiger partial charge on any atom is -0.355 e. The lowest BCUT2D eigenvalue weighted by molar-refractivity contribution is -0.123. The first kappa shape index (κ1) is 12.2. The molecular weight excluding hydrogens is 210 g/mol. The minimum atomic E-state index is 0.153. The summed E-state index contributed by atoms with van der Waals surface area (Å²) in [4.78, 5) is 11.3. The molecule has 1 aliphatic heterocycles. The number of hydrogen-bond donors (Lipinski definition) is 1. The second-order valence-electron chi connectivity index (χ2n) is 4.96. The Balaban J connectivity index is 2.24. The van der Waals surface area contributed by atoms with Gasteiger partial charge in [0.25, 0.3) is 0 Å². The highest BCUT2D eigenvalue weighted by Crippen LogP contribution is 2.34. The van der Waals surface area contributed by atoms with E-state index in [1.54, 1.807) is 0 Å². The number of nitrogens with one attached hydrogen (secondary N) is 1. The molecule has 2 rings (SSSR count). The molecule has 1 aromatic rings. The van der Waals surface area contributed by atoms with Crippen molar-refractivity contribution in [2.75, 3.05) is 6.54 Å². The normalized spacial score (nSPS) is 24.5. The Morgan fingerprint density at radius 1 is 1.24 bits per heavy atom. The Bertz CT molecular complexity index is 384. The van der Waals surface area contributed by atoms with Crippen LogP contribution >= 0.6 is 0 Å². The van der Waals surface area contributed by atoms with Gasteiger partial charge >= 0.3 is 0 Å². The molecule has 1 heterocycles. The van der Waals surface area contributed by atoms with Crippen LogP contribution in [0.25, 0.3) is 0 Å². The first-order valence-corrected chi connectivity index (χ1v) is 6.56. The monoisotopic (exact) mass is 231 g/mol. The van der Waals surface area contributed by atoms with E-state index in [1.807, 2.05) is 0 Å². The van der Waals surface area contributed by atoms with Crippen molar-refractivity contribution < 1.29 is 4.79 Å². The van der Waals surface area contributed by atoms with Crippen molar-refractivity contribution in [3.63, 3.8) is 0 Å². The third-order valence-electron chi connectivity index (χ3n) is 4.11. The lowest BCUT2D eigenvalue weighted by atomic mass is 9.72. The number of piperidine rings is 1. The summed E-state index contributed by atoms with van der Waals surface area (Å²) in [5.41, 5.74) is 2.90. The van der Waals surface area contributed by atoms with E-state index in [4.69, 9.17) is 0 Å². The molecule has 0 radical (unpaired) electrons. The van der Waals surface area contributed by atoms with Crippen LogP contribution in [0.5, 0.6) is 0 Å². The Morgan fingerprint density at radius 3 is 2.41 bits per heavy atom. The molecule has 17 heavy (non-hydrogen) atoms. The number of benzene rings is 1. The van der Waals surface area contributed by atoms with E-state index in [2.05, 4.69) is 43.4 Å². The van der Waals surface area contributed by atoms with Gasteiger partial charge in [0, 0.05) is 18.4 Å². The molecule has 1 aromatic carbocycles. The number of hydrogen-bond acceptors (Lipinski definition) is 1. The van der Waals surface area contributed by atoms with Gasteiger partial charge in [-0.05, 0) is 30.4 Å². The van der Waals surface area contributed by atoms with Crippen molar-refractivity contribution in [1.29, 1.82) is 0 Å². The lowest BCUT2D eigenvalue weighted by Crippen LogP contribution is -2.45. The van der Waals surface area contributed by atoms with Gasteiger partial charge in [0.2, 0.25) is 5.91 Å². The molecule has 0 spiro atoms. The van der Waals surface area contributed by atoms with E-state index in [-0.39, 0.29) is 11.3 Å². The molecule has 0 aromatic heterocycles. The molecule has 1 N–H and O–H groups in total. The van der Waals surface area contributed by atoms with Crippen molar-refractivity contribution in [2.45, 2.75) is 44.9 Å². The molecule has 0 saturated carbocycles. The summed E-state index contributed by atoms with van der Waals surface area (Å²) in [6.45, 7) is 5.17. The largest absolute Gasteiger partial charge is 0.355 e. The van der Waals surface area contributed by atoms with Crippen LogP contribution in [0.3, 0.4) is 0 Å². The maximum Gasteiger partial charge on any atom is 0.220 e. The van der Waals surface area contributed by atoms with Crippen molar-refractivity contribution in [2.24, 2.45) is 0 Å². The van der Waals surface area contributed by atoms with Gasteiger partial charge in [0.1, 0.15) is 0 Å². The predicted molar refractivity (Wildman–Crippen MR) is 70.0 cm³/mol. The number of rotatable bonds is 3. The average Bonchev–Trinajstić information content (AvgIpc) is 2.40. The fourth-order valence-corrected chi connectivity index (χ4v) is 2.64. The first-order chi connectivity index (χ1) is 8.20. The molecule has 1 aliphatic rings. The number of carbonyl (C=O) groups is 1. The van der Waals surface area contributed by atoms with E-state index in [9.17, 15) is 4.79 Å². The summed E-state index contributed by atoms with van der Waals surface area (Å²) < 4.78 is 0. The molecule has 1 unspecified atom stereocenters. The molecule has 92 valence electrons. The van der Waals surface area contributed by atoms with E-state index in [0.717, 1.165) is 25.8 Å². The van der Waals surface area contributed by atoms with E-state index >= 15 is 0 Å². The van der Waals surface area contributed by atoms with Gasteiger partial charge in [-0.1, -0.05) is 38.1 Å². The first-order valence-electron chi connectivity index (χ1n) is 6.56. The summed E-state index contributed by atoms with van der Waals surface area (Å²) in [6, 6.07) is 8.89. The number of amides is 1. The summed E-state index contributed by atoms with van der Waals surface area (Å²) in [7, 11) is 0. The third kappa shape index (κ3) is 2.36. The van der Waals surface area contributed by atoms with Crippen molar-refractivity contribution in [1.82, 2.24) is 5.32 Å². The van der Waals surface area contributed by atoms with Crippen LogP contribution in [0, 0.1) is 0 Å². The van der Waals surface area contributed by atoms with Crippen molar-refractivity contribution in [3.05, 3.63) is 35.4 Å². The number of aryl methyl sites for hydroxylation is 1. The van der Waals surface area contributed by atoms with Crippen LogP contribution in [0.1, 0.15) is 44.2 Å². The third-order valence-corrected chi connectivity index (χ3v) is 4.11. The zero-order valence-electron chi connectivity index (χ0n) is 10.8. The molecule has 0 bridgehead atoms. The molecule has 1 fully saturated rings. The van der Waals surface area contributed by atoms with Crippen LogP contribution < -0.4 is 5.32 Å². The van der Waals surface area contributed by atoms with Crippen LogP contribution in [0.15, 0.2) is 24.3 Å². The fraction of sp³-hybridized carbons (Fsp3) is 0.533. The van der Waals surface area contributed by atoms with Crippen molar-refractivity contribution >= 4 is 5.91 Å². The maximum absolute atomic E-state index is 11.3. The smallest absolute Gasteiger partial charge is 0.220 e. The van der Waals surface area contributed by atoms with Crippen LogP contribution in [-0.4, -0.2) is 12.5 Å². The zero-order chi connectivity index (χ0) is 12.3. The molecule has 2 heteroatoms. The molecular formula is C15H21NO. The number of carbonyl (C=O) groups excluding carboxylic acids is 1. The molecule has 1 atom stereocenters. The zero-order valence-corrected chi connectivity index (χ0v) is 10.8. The van der Waals surface area contributed by atoms with Gasteiger partial charge in [0.05, 0.1) is 0 Å². The van der Waals surface area contributed by atoms with Crippen LogP contribution in [0.2, 0.25) is 0 Å². The second-order valence-corrected chi connectivity index (χ2v) is 4.96. The standard InChI is InChI=1S/C15H21NO/c1-3-12-5-7-13(8-6-12)15(4-2)10-9-14(17)16-11-15/h5-8H,3-4,9-11H2,1-2H3,(H,16,17). The average molecular weight is 231 g/mol. The predicted octanol–water partition coefficient (Wildman–Crippen LogP) is 2.81. The quantitative estimate of drug-likeness (QED) is 0.851. The van der Waals surface area contributed by atoms with E-state index < -0.39 is 0 Å². The van der Waals surface area contributed by atoms with Crippen LogP contribution in [-0.2, 0) is 16.6 Å². The highest BCUT2D eigenvalue weighted by molar-refractivity contribution is 5.77. The van der Waals surface area contributed by atoms with Gasteiger partial charge in [0.15, 0.2) is 0 Å². The highest BCUT2D eigenvalue weighted by atomic mass is 16.1. The highest BCUT2D eigenvalue weighted by Gasteiger charge is 2.34. The lowest BCUT2D eigenvalue weighted by Gasteiger charge is -2.37. The minimum absolute atomic E-state index is 0.153. The van der Waals surface area contributed by atoms with E-state index in [1.165, 1.54) is 11.1 Å². The van der Waals surface area contributed by atoms with E-state index in [0.29, 0.717) is 6.42 Å². The van der Waals surface area contributed by atoms with Gasteiger partial charge in [-0.15, -0.1) is 0 Å². The summed E-state index contributed by atoms with van der Waals surface area (Å²) >= 11 is 0. The Kier molecular flexibility index (Phi) is 3.51. The van der Waals surface area contributed by atoms with Crippen LogP contribution in [0.4, 0.5) is 0 Å². The molecule has 0 aliphatic carbocycles. The van der Waals surface area contributed by atoms with Gasteiger partial charge in [-0.25, -0.2) is 0 Å².